The topological polar surface area (TPSA) is 49.3 Å². The lowest BCUT2D eigenvalue weighted by Crippen LogP contribution is -2.44. The second-order valence-corrected chi connectivity index (χ2v) is 5.62. The lowest BCUT2D eigenvalue weighted by molar-refractivity contribution is 0.329. The maximum Gasteiger partial charge on any atom is 0.191 e. The van der Waals surface area contributed by atoms with Crippen LogP contribution >= 0.6 is 24.0 Å². The fraction of sp³-hybridized carbons (Fsp3) is 0.625. The molecule has 2 N–H and O–H groups in total. The molecule has 0 unspecified atom stereocenters. The second kappa shape index (κ2) is 9.97. The van der Waals surface area contributed by atoms with Crippen LogP contribution in [0.4, 0.5) is 0 Å². The van der Waals surface area contributed by atoms with E-state index in [-0.39, 0.29) is 24.0 Å². The van der Waals surface area contributed by atoms with E-state index in [9.17, 15) is 0 Å². The van der Waals surface area contributed by atoms with E-state index in [1.54, 1.807) is 0 Å². The number of nitrogens with zero attached hydrogens (tertiary/aromatic N) is 2. The predicted octanol–water partition coefficient (Wildman–Crippen LogP) is 3.33. The van der Waals surface area contributed by atoms with Crippen LogP contribution < -0.4 is 10.6 Å². The molecule has 2 rings (SSSR count). The minimum Gasteiger partial charge on any atom is -0.357 e. The second-order valence-electron chi connectivity index (χ2n) is 5.62. The van der Waals surface area contributed by atoms with Gasteiger partial charge in [0.25, 0.3) is 0 Å². The molecule has 5 heteroatoms. The number of aromatic nitrogens is 1. The Kier molecular flexibility index (Phi) is 8.64. The molecule has 0 aromatic carbocycles. The van der Waals surface area contributed by atoms with E-state index in [2.05, 4.69) is 34.5 Å². The lowest BCUT2D eigenvalue weighted by Gasteiger charge is -2.28. The van der Waals surface area contributed by atoms with Gasteiger partial charge in [0.1, 0.15) is 0 Å². The highest BCUT2D eigenvalue weighted by Crippen LogP contribution is 2.23. The molecule has 1 aliphatic carbocycles. The largest absolute Gasteiger partial charge is 0.357 e. The molecular formula is C16H27IN4. The first-order valence-corrected chi connectivity index (χ1v) is 7.72. The molecule has 0 bridgehead atoms. The Bertz CT molecular complexity index is 414. The van der Waals surface area contributed by atoms with Gasteiger partial charge >= 0.3 is 0 Å². The number of aliphatic imine (C=N–C) groups is 1. The van der Waals surface area contributed by atoms with Gasteiger partial charge in [0.2, 0.25) is 0 Å². The summed E-state index contributed by atoms with van der Waals surface area (Å²) in [7, 11) is 0. The molecule has 21 heavy (non-hydrogen) atoms. The van der Waals surface area contributed by atoms with E-state index in [0.717, 1.165) is 24.1 Å². The molecule has 0 aliphatic heterocycles. The molecule has 0 radical (unpaired) electrons. The van der Waals surface area contributed by atoms with Crippen LogP contribution in [0.1, 0.15) is 45.2 Å². The first-order valence-electron chi connectivity index (χ1n) is 7.72. The molecule has 1 saturated carbocycles. The summed E-state index contributed by atoms with van der Waals surface area (Å²) < 4.78 is 0. The first kappa shape index (κ1) is 18.2. The van der Waals surface area contributed by atoms with Crippen LogP contribution in [0, 0.1) is 5.92 Å². The number of rotatable bonds is 4. The summed E-state index contributed by atoms with van der Waals surface area (Å²) >= 11 is 0. The van der Waals surface area contributed by atoms with Crippen molar-refractivity contribution in [3.05, 3.63) is 30.1 Å². The standard InChI is InChI=1S/C16H26N4.HI/c1-3-17-16(19-12-15-6-4-5-11-18-15)20-14-9-7-13(2)8-10-14;/h4-6,11,13-14H,3,7-10,12H2,1-2H3,(H2,17,19,20);1H. The Balaban J connectivity index is 0.00000220. The van der Waals surface area contributed by atoms with Gasteiger partial charge in [-0.05, 0) is 50.7 Å². The summed E-state index contributed by atoms with van der Waals surface area (Å²) in [6, 6.07) is 6.50. The maximum absolute atomic E-state index is 4.63. The summed E-state index contributed by atoms with van der Waals surface area (Å²) in [5.41, 5.74) is 1.00. The Hall–Kier alpha value is -0.850. The zero-order valence-electron chi connectivity index (χ0n) is 13.0. The van der Waals surface area contributed by atoms with Crippen LogP contribution in [0.15, 0.2) is 29.4 Å². The molecule has 0 spiro atoms. The first-order chi connectivity index (χ1) is 9.78. The average molecular weight is 402 g/mol. The van der Waals surface area contributed by atoms with Gasteiger partial charge in [0.15, 0.2) is 5.96 Å². The van der Waals surface area contributed by atoms with Gasteiger partial charge in [-0.3, -0.25) is 4.98 Å². The minimum absolute atomic E-state index is 0. The zero-order valence-corrected chi connectivity index (χ0v) is 15.3. The summed E-state index contributed by atoms with van der Waals surface area (Å²) in [6.07, 6.45) is 6.94. The fourth-order valence-corrected chi connectivity index (χ4v) is 2.57. The van der Waals surface area contributed by atoms with Crippen molar-refractivity contribution in [2.45, 2.75) is 52.1 Å². The van der Waals surface area contributed by atoms with Crippen LogP contribution in [0.5, 0.6) is 0 Å². The van der Waals surface area contributed by atoms with E-state index in [1.807, 2.05) is 24.4 Å². The van der Waals surface area contributed by atoms with Crippen LogP contribution in [-0.2, 0) is 6.54 Å². The molecule has 1 aliphatic rings. The van der Waals surface area contributed by atoms with Gasteiger partial charge in [0.05, 0.1) is 12.2 Å². The van der Waals surface area contributed by atoms with E-state index in [0.29, 0.717) is 12.6 Å². The van der Waals surface area contributed by atoms with Gasteiger partial charge in [-0.2, -0.15) is 0 Å². The van der Waals surface area contributed by atoms with Gasteiger partial charge in [-0.1, -0.05) is 13.0 Å². The molecular weight excluding hydrogens is 375 g/mol. The Labute approximate surface area is 145 Å². The number of hydrogen-bond donors (Lipinski definition) is 2. The van der Waals surface area contributed by atoms with Crippen molar-refractivity contribution >= 4 is 29.9 Å². The van der Waals surface area contributed by atoms with E-state index in [4.69, 9.17) is 0 Å². The van der Waals surface area contributed by atoms with Crippen molar-refractivity contribution < 1.29 is 0 Å². The number of halogens is 1. The van der Waals surface area contributed by atoms with E-state index >= 15 is 0 Å². The lowest BCUT2D eigenvalue weighted by atomic mass is 9.87. The molecule has 118 valence electrons. The normalized spacial score (nSPS) is 22.3. The quantitative estimate of drug-likeness (QED) is 0.462. The number of nitrogens with one attached hydrogen (secondary N) is 2. The highest BCUT2D eigenvalue weighted by Gasteiger charge is 2.18. The van der Waals surface area contributed by atoms with Crippen molar-refractivity contribution in [3.8, 4) is 0 Å². The molecule has 4 nitrogen and oxygen atoms in total. The third kappa shape index (κ3) is 6.63. The number of pyridine rings is 1. The third-order valence-electron chi connectivity index (χ3n) is 3.83. The number of guanidine groups is 1. The molecule has 1 heterocycles. The maximum atomic E-state index is 4.63. The smallest absolute Gasteiger partial charge is 0.191 e. The van der Waals surface area contributed by atoms with Gasteiger partial charge in [-0.15, -0.1) is 24.0 Å². The SMILES string of the molecule is CCNC(=NCc1ccccn1)NC1CCC(C)CC1.I. The zero-order chi connectivity index (χ0) is 14.2. The molecule has 0 atom stereocenters. The highest BCUT2D eigenvalue weighted by molar-refractivity contribution is 14.0. The summed E-state index contributed by atoms with van der Waals surface area (Å²) in [6.45, 7) is 5.95. The Morgan fingerprint density at radius 3 is 2.67 bits per heavy atom. The van der Waals surface area contributed by atoms with Gasteiger partial charge < -0.3 is 10.6 Å². The van der Waals surface area contributed by atoms with E-state index < -0.39 is 0 Å². The van der Waals surface area contributed by atoms with Crippen molar-refractivity contribution in [2.24, 2.45) is 10.9 Å². The van der Waals surface area contributed by atoms with Crippen molar-refractivity contribution in [3.63, 3.8) is 0 Å². The van der Waals surface area contributed by atoms with E-state index in [1.165, 1.54) is 25.7 Å². The van der Waals surface area contributed by atoms with Crippen molar-refractivity contribution in [1.29, 1.82) is 0 Å². The fourth-order valence-electron chi connectivity index (χ4n) is 2.57. The molecule has 0 amide bonds. The molecule has 0 saturated heterocycles. The molecule has 1 aromatic rings. The monoisotopic (exact) mass is 402 g/mol. The van der Waals surface area contributed by atoms with Crippen LogP contribution in [0.3, 0.4) is 0 Å². The summed E-state index contributed by atoms with van der Waals surface area (Å²) in [5.74, 6) is 1.79. The Morgan fingerprint density at radius 2 is 2.05 bits per heavy atom. The Morgan fingerprint density at radius 1 is 1.29 bits per heavy atom. The van der Waals surface area contributed by atoms with Gasteiger partial charge in [0, 0.05) is 18.8 Å². The van der Waals surface area contributed by atoms with Crippen LogP contribution in [-0.4, -0.2) is 23.5 Å². The highest BCUT2D eigenvalue weighted by atomic mass is 127. The van der Waals surface area contributed by atoms with Crippen molar-refractivity contribution in [1.82, 2.24) is 15.6 Å². The average Bonchev–Trinajstić information content (AvgIpc) is 2.48. The van der Waals surface area contributed by atoms with Crippen LogP contribution in [0.25, 0.3) is 0 Å². The van der Waals surface area contributed by atoms with Crippen molar-refractivity contribution in [2.75, 3.05) is 6.54 Å². The minimum atomic E-state index is 0. The number of hydrogen-bond acceptors (Lipinski definition) is 2. The third-order valence-corrected chi connectivity index (χ3v) is 3.83. The summed E-state index contributed by atoms with van der Waals surface area (Å²) in [5, 5.41) is 6.88. The van der Waals surface area contributed by atoms with Crippen LogP contribution in [0.2, 0.25) is 0 Å². The molecule has 1 aromatic heterocycles. The predicted molar refractivity (Wildman–Crippen MR) is 99.0 cm³/mol. The molecule has 1 fully saturated rings. The van der Waals surface area contributed by atoms with Gasteiger partial charge in [-0.25, -0.2) is 4.99 Å². The summed E-state index contributed by atoms with van der Waals surface area (Å²) in [4.78, 5) is 8.93.